The molecule has 0 aliphatic heterocycles. The summed E-state index contributed by atoms with van der Waals surface area (Å²) in [6.07, 6.45) is 0.360. The van der Waals surface area contributed by atoms with E-state index in [-0.39, 0.29) is 12.1 Å². The minimum atomic E-state index is -0.450. The molecule has 3 heteroatoms. The monoisotopic (exact) mass is 158 g/mol. The summed E-state index contributed by atoms with van der Waals surface area (Å²) >= 11 is 0. The zero-order valence-corrected chi connectivity index (χ0v) is 7.63. The van der Waals surface area contributed by atoms with Gasteiger partial charge in [-0.2, -0.15) is 0 Å². The summed E-state index contributed by atoms with van der Waals surface area (Å²) in [5.74, 6) is 0. The van der Waals surface area contributed by atoms with Gasteiger partial charge in [-0.1, -0.05) is 6.92 Å². The number of hydrogen-bond donors (Lipinski definition) is 0. The molecule has 0 aromatic carbocycles. The van der Waals surface area contributed by atoms with E-state index in [9.17, 15) is 4.79 Å². The van der Waals surface area contributed by atoms with Crippen molar-refractivity contribution in [2.45, 2.75) is 46.3 Å². The van der Waals surface area contributed by atoms with Crippen LogP contribution < -0.4 is 5.32 Å². The first-order valence-electron chi connectivity index (χ1n) is 3.97. The van der Waals surface area contributed by atoms with Crippen molar-refractivity contribution in [3.05, 3.63) is 0 Å². The third-order valence-corrected chi connectivity index (χ3v) is 1.24. The van der Waals surface area contributed by atoms with Crippen molar-refractivity contribution >= 4 is 6.09 Å². The summed E-state index contributed by atoms with van der Waals surface area (Å²) in [7, 11) is 0. The smallest absolute Gasteiger partial charge is 0.429 e. The third-order valence-electron chi connectivity index (χ3n) is 1.24. The van der Waals surface area contributed by atoms with Crippen LogP contribution in [0.15, 0.2) is 0 Å². The van der Waals surface area contributed by atoms with Gasteiger partial charge in [-0.05, 0) is 27.2 Å². The molecule has 0 rings (SSSR count). The molecule has 0 saturated carbocycles. The summed E-state index contributed by atoms with van der Waals surface area (Å²) in [5.41, 5.74) is 0. The highest BCUT2D eigenvalue weighted by molar-refractivity contribution is 5.67. The molecule has 0 aliphatic rings. The van der Waals surface area contributed by atoms with E-state index in [1.54, 1.807) is 0 Å². The van der Waals surface area contributed by atoms with Crippen molar-refractivity contribution < 1.29 is 9.53 Å². The maximum Gasteiger partial charge on any atom is 0.429 e. The lowest BCUT2D eigenvalue weighted by molar-refractivity contribution is 0.102. The van der Waals surface area contributed by atoms with Crippen LogP contribution in [0.5, 0.6) is 0 Å². The second-order valence-corrected chi connectivity index (χ2v) is 2.83. The van der Waals surface area contributed by atoms with Gasteiger partial charge in [0.2, 0.25) is 0 Å². The molecule has 3 nitrogen and oxygen atoms in total. The fraction of sp³-hybridized carbons (Fsp3) is 0.875. The van der Waals surface area contributed by atoms with E-state index in [1.807, 2.05) is 27.7 Å². The van der Waals surface area contributed by atoms with Crippen molar-refractivity contribution in [3.8, 4) is 0 Å². The number of carbonyl (C=O) groups is 1. The fourth-order valence-corrected chi connectivity index (χ4v) is 0.497. The highest BCUT2D eigenvalue weighted by atomic mass is 16.6. The first-order chi connectivity index (χ1) is 5.06. The van der Waals surface area contributed by atoms with Crippen LogP contribution in [0.4, 0.5) is 4.79 Å². The van der Waals surface area contributed by atoms with Crippen molar-refractivity contribution in [3.63, 3.8) is 0 Å². The van der Waals surface area contributed by atoms with Crippen LogP contribution in [-0.2, 0) is 4.74 Å². The first-order valence-corrected chi connectivity index (χ1v) is 3.97. The minimum Gasteiger partial charge on any atom is -0.445 e. The summed E-state index contributed by atoms with van der Waals surface area (Å²) in [4.78, 5) is 10.8. The number of ether oxygens (including phenoxy) is 1. The van der Waals surface area contributed by atoms with E-state index in [4.69, 9.17) is 4.74 Å². The predicted molar refractivity (Wildman–Crippen MR) is 43.5 cm³/mol. The van der Waals surface area contributed by atoms with Gasteiger partial charge in [0.05, 0.1) is 6.04 Å². The zero-order chi connectivity index (χ0) is 8.85. The van der Waals surface area contributed by atoms with Gasteiger partial charge in [0.25, 0.3) is 0 Å². The third kappa shape index (κ3) is 5.70. The topological polar surface area (TPSA) is 40.4 Å². The average molecular weight is 158 g/mol. The molecule has 0 N–H and O–H groups in total. The molecule has 0 aromatic heterocycles. The molecule has 0 aliphatic carbocycles. The second-order valence-electron chi connectivity index (χ2n) is 2.83. The predicted octanol–water partition coefficient (Wildman–Crippen LogP) is 1.93. The Kier molecular flexibility index (Phi) is 4.66. The Bertz CT molecular complexity index is 123. The molecular weight excluding hydrogens is 142 g/mol. The van der Waals surface area contributed by atoms with E-state index < -0.39 is 6.09 Å². The molecule has 0 spiro atoms. The minimum absolute atomic E-state index is 0.0200. The van der Waals surface area contributed by atoms with Gasteiger partial charge in [0, 0.05) is 0 Å². The molecule has 1 amide bonds. The van der Waals surface area contributed by atoms with E-state index in [0.29, 0.717) is 0 Å². The van der Waals surface area contributed by atoms with Gasteiger partial charge in [0.1, 0.15) is 6.10 Å². The highest BCUT2D eigenvalue weighted by Gasteiger charge is 2.09. The molecule has 0 heterocycles. The van der Waals surface area contributed by atoms with Crippen LogP contribution in [0.1, 0.15) is 34.1 Å². The molecule has 1 atom stereocenters. The Hall–Kier alpha value is -0.730. The molecule has 65 valence electrons. The Labute approximate surface area is 68.1 Å². The Morgan fingerprint density at radius 2 is 2.00 bits per heavy atom. The van der Waals surface area contributed by atoms with Crippen LogP contribution in [-0.4, -0.2) is 18.2 Å². The van der Waals surface area contributed by atoms with E-state index in [0.717, 1.165) is 6.42 Å². The lowest BCUT2D eigenvalue weighted by Gasteiger charge is -2.11. The van der Waals surface area contributed by atoms with Crippen molar-refractivity contribution in [1.29, 1.82) is 0 Å². The van der Waals surface area contributed by atoms with Crippen molar-refractivity contribution in [2.75, 3.05) is 0 Å². The number of hydrogen-bond acceptors (Lipinski definition) is 2. The molecule has 1 unspecified atom stereocenters. The van der Waals surface area contributed by atoms with Crippen LogP contribution in [0.3, 0.4) is 0 Å². The average Bonchev–Trinajstić information content (AvgIpc) is 1.85. The van der Waals surface area contributed by atoms with Gasteiger partial charge in [-0.15, -0.1) is 0 Å². The van der Waals surface area contributed by atoms with Crippen molar-refractivity contribution in [2.24, 2.45) is 0 Å². The number of amides is 1. The van der Waals surface area contributed by atoms with Gasteiger partial charge < -0.3 is 4.74 Å². The number of nitrogens with zero attached hydrogens (tertiary/aromatic N) is 1. The standard InChI is InChI=1S/C8H16NO2/c1-5-7(4)11-8(10)9-6(2)3/h6-7H,5H2,1-4H3. The maximum atomic E-state index is 10.8. The Balaban J connectivity index is 3.52. The molecule has 0 fully saturated rings. The van der Waals surface area contributed by atoms with Gasteiger partial charge in [-0.3, -0.25) is 0 Å². The Morgan fingerprint density at radius 3 is 2.36 bits per heavy atom. The molecule has 1 radical (unpaired) electrons. The molecule has 0 saturated heterocycles. The summed E-state index contributed by atoms with van der Waals surface area (Å²) in [6, 6.07) is 0.0200. The normalized spacial score (nSPS) is 12.8. The summed E-state index contributed by atoms with van der Waals surface area (Å²) in [6.45, 7) is 7.51. The molecule has 0 bridgehead atoms. The second kappa shape index (κ2) is 4.99. The first kappa shape index (κ1) is 10.3. The molecule has 11 heavy (non-hydrogen) atoms. The van der Waals surface area contributed by atoms with Crippen LogP contribution >= 0.6 is 0 Å². The largest absolute Gasteiger partial charge is 0.445 e. The molecular formula is C8H16NO2. The maximum absolute atomic E-state index is 10.8. The zero-order valence-electron chi connectivity index (χ0n) is 7.63. The van der Waals surface area contributed by atoms with E-state index in [2.05, 4.69) is 5.32 Å². The summed E-state index contributed by atoms with van der Waals surface area (Å²) < 4.78 is 4.90. The van der Waals surface area contributed by atoms with Gasteiger partial charge >= 0.3 is 6.09 Å². The lowest BCUT2D eigenvalue weighted by Crippen LogP contribution is -2.26. The SMILES string of the molecule is CCC(C)OC(=O)[N]C(C)C. The van der Waals surface area contributed by atoms with Gasteiger partial charge in [0.15, 0.2) is 0 Å². The lowest BCUT2D eigenvalue weighted by atomic mass is 10.3. The molecule has 0 aromatic rings. The summed E-state index contributed by atoms with van der Waals surface area (Å²) in [5, 5.41) is 3.70. The van der Waals surface area contributed by atoms with Crippen LogP contribution in [0.2, 0.25) is 0 Å². The van der Waals surface area contributed by atoms with Crippen LogP contribution in [0, 0.1) is 0 Å². The highest BCUT2D eigenvalue weighted by Crippen LogP contribution is 1.97. The number of carbonyl (C=O) groups excluding carboxylic acids is 1. The fourth-order valence-electron chi connectivity index (χ4n) is 0.497. The van der Waals surface area contributed by atoms with E-state index in [1.165, 1.54) is 0 Å². The Morgan fingerprint density at radius 1 is 1.45 bits per heavy atom. The van der Waals surface area contributed by atoms with E-state index >= 15 is 0 Å². The van der Waals surface area contributed by atoms with Crippen molar-refractivity contribution in [1.82, 2.24) is 5.32 Å². The van der Waals surface area contributed by atoms with Crippen LogP contribution in [0.25, 0.3) is 0 Å². The van der Waals surface area contributed by atoms with Gasteiger partial charge in [-0.25, -0.2) is 10.1 Å². The number of rotatable bonds is 3. The quantitative estimate of drug-likeness (QED) is 0.629.